The van der Waals surface area contributed by atoms with Crippen LogP contribution in [0.2, 0.25) is 5.02 Å². The summed E-state index contributed by atoms with van der Waals surface area (Å²) in [5.74, 6) is -0.459. The Bertz CT molecular complexity index is 1150. The summed E-state index contributed by atoms with van der Waals surface area (Å²) in [7, 11) is 0. The first-order chi connectivity index (χ1) is 16.2. The maximum Gasteiger partial charge on any atom is 0.417 e. The molecular weight excluding hydrogens is 493 g/mol. The number of halogens is 4. The Labute approximate surface area is 202 Å². The van der Waals surface area contributed by atoms with Gasteiger partial charge in [0, 0.05) is 12.1 Å². The highest BCUT2D eigenvalue weighted by Gasteiger charge is 2.34. The molecule has 2 aromatic carbocycles. The fraction of sp³-hybridized carbons (Fsp3) is 0.182. The summed E-state index contributed by atoms with van der Waals surface area (Å²) in [6, 6.07) is 10.1. The molecule has 7 nitrogen and oxygen atoms in total. The first-order valence-electron chi connectivity index (χ1n) is 9.74. The van der Waals surface area contributed by atoms with Crippen LogP contribution in [-0.4, -0.2) is 35.1 Å². The van der Waals surface area contributed by atoms with Crippen molar-refractivity contribution in [2.75, 3.05) is 11.9 Å². The zero-order chi connectivity index (χ0) is 24.7. The number of nitrogens with one attached hydrogen (secondary N) is 2. The number of rotatable bonds is 8. The lowest BCUT2D eigenvalue weighted by atomic mass is 10.2. The lowest BCUT2D eigenvalue weighted by Crippen LogP contribution is -2.28. The molecule has 0 saturated carbocycles. The molecule has 0 aromatic heterocycles. The number of carbonyl (C=O) groups is 2. The second-order valence-corrected chi connectivity index (χ2v) is 8.46. The molecule has 1 atom stereocenters. The van der Waals surface area contributed by atoms with E-state index in [0.717, 1.165) is 29.5 Å². The standard InChI is InChI=1S/C22H18ClF3N4O3S/c1-2-8-33-15-5-3-4-13(9-15)12-27-30-21-29-20(32)18(34-21)11-19(31)28-14-6-7-17(23)16(10-14)22(24,25)26/h2-7,9-10,12,18H,1,8,11H2,(H,28,31)(H,29,30,32)/b27-12-/t18-/m0/s1. The Morgan fingerprint density at radius 3 is 2.82 bits per heavy atom. The summed E-state index contributed by atoms with van der Waals surface area (Å²) >= 11 is 6.57. The Kier molecular flexibility index (Phi) is 8.35. The van der Waals surface area contributed by atoms with Gasteiger partial charge in [-0.15, -0.1) is 5.10 Å². The van der Waals surface area contributed by atoms with E-state index in [1.807, 2.05) is 0 Å². The van der Waals surface area contributed by atoms with Gasteiger partial charge in [0.15, 0.2) is 5.17 Å². The number of hydrogen-bond donors (Lipinski definition) is 2. The van der Waals surface area contributed by atoms with Crippen molar-refractivity contribution < 1.29 is 27.5 Å². The lowest BCUT2D eigenvalue weighted by Gasteiger charge is -2.12. The summed E-state index contributed by atoms with van der Waals surface area (Å²) in [5.41, 5.74) is -0.426. The van der Waals surface area contributed by atoms with E-state index < -0.39 is 33.8 Å². The maximum absolute atomic E-state index is 13.0. The number of amidine groups is 1. The number of alkyl halides is 3. The number of anilines is 1. The molecule has 34 heavy (non-hydrogen) atoms. The zero-order valence-corrected chi connectivity index (χ0v) is 19.0. The first kappa shape index (κ1) is 25.3. The third-order valence-corrected chi connectivity index (χ3v) is 5.69. The van der Waals surface area contributed by atoms with Crippen molar-refractivity contribution in [2.24, 2.45) is 10.2 Å². The van der Waals surface area contributed by atoms with Crippen molar-refractivity contribution in [1.82, 2.24) is 5.32 Å². The largest absolute Gasteiger partial charge is 0.490 e. The van der Waals surface area contributed by atoms with Gasteiger partial charge in [-0.25, -0.2) is 0 Å². The van der Waals surface area contributed by atoms with Gasteiger partial charge >= 0.3 is 6.18 Å². The van der Waals surface area contributed by atoms with E-state index in [4.69, 9.17) is 16.3 Å². The van der Waals surface area contributed by atoms with E-state index in [-0.39, 0.29) is 17.3 Å². The van der Waals surface area contributed by atoms with Gasteiger partial charge in [-0.1, -0.05) is 48.2 Å². The lowest BCUT2D eigenvalue weighted by molar-refractivity contribution is -0.137. The molecule has 2 N–H and O–H groups in total. The summed E-state index contributed by atoms with van der Waals surface area (Å²) in [5, 5.41) is 11.7. The first-order valence-corrected chi connectivity index (χ1v) is 11.0. The van der Waals surface area contributed by atoms with E-state index in [9.17, 15) is 22.8 Å². The Hall–Kier alpha value is -3.31. The predicted octanol–water partition coefficient (Wildman–Crippen LogP) is 4.87. The molecule has 1 aliphatic heterocycles. The van der Waals surface area contributed by atoms with Crippen LogP contribution in [0.3, 0.4) is 0 Å². The Morgan fingerprint density at radius 1 is 1.29 bits per heavy atom. The minimum atomic E-state index is -4.66. The SMILES string of the molecule is C=CCOc1cccc(/C=N\N=C2/NC(=O)[C@H](CC(=O)Nc3ccc(Cl)c(C(F)(F)F)c3)S2)c1. The van der Waals surface area contributed by atoms with Crippen LogP contribution in [-0.2, 0) is 15.8 Å². The van der Waals surface area contributed by atoms with Gasteiger partial charge in [-0.3, -0.25) is 9.59 Å². The van der Waals surface area contributed by atoms with Crippen LogP contribution in [0.1, 0.15) is 17.5 Å². The molecule has 178 valence electrons. The molecular formula is C22H18ClF3N4O3S. The number of thioether (sulfide) groups is 1. The van der Waals surface area contributed by atoms with Gasteiger partial charge in [0.05, 0.1) is 16.8 Å². The fourth-order valence-corrected chi connectivity index (χ4v) is 3.92. The third-order valence-electron chi connectivity index (χ3n) is 4.28. The molecule has 0 radical (unpaired) electrons. The molecule has 12 heteroatoms. The van der Waals surface area contributed by atoms with E-state index in [2.05, 4.69) is 27.4 Å². The van der Waals surface area contributed by atoms with Gasteiger partial charge in [-0.2, -0.15) is 18.3 Å². The number of nitrogens with zero attached hydrogens (tertiary/aromatic N) is 2. The highest BCUT2D eigenvalue weighted by molar-refractivity contribution is 8.15. The molecule has 0 bridgehead atoms. The van der Waals surface area contributed by atoms with E-state index in [1.165, 1.54) is 12.3 Å². The molecule has 1 aliphatic rings. The van der Waals surface area contributed by atoms with Crippen LogP contribution in [0.5, 0.6) is 5.75 Å². The average Bonchev–Trinajstić information content (AvgIpc) is 3.12. The third kappa shape index (κ3) is 7.09. The van der Waals surface area contributed by atoms with Gasteiger partial charge in [0.1, 0.15) is 17.6 Å². The molecule has 0 aliphatic carbocycles. The number of amides is 2. The quantitative estimate of drug-likeness (QED) is 0.301. The van der Waals surface area contributed by atoms with Crippen LogP contribution < -0.4 is 15.4 Å². The van der Waals surface area contributed by atoms with Crippen molar-refractivity contribution >= 4 is 52.2 Å². The minimum absolute atomic E-state index is 0.0806. The maximum atomic E-state index is 13.0. The van der Waals surface area contributed by atoms with Crippen molar-refractivity contribution in [3.8, 4) is 5.75 Å². The fourth-order valence-electron chi connectivity index (χ4n) is 2.77. The molecule has 2 aromatic rings. The Balaban J connectivity index is 1.57. The normalized spacial score (nSPS) is 17.1. The topological polar surface area (TPSA) is 92.2 Å². The predicted molar refractivity (Wildman–Crippen MR) is 126 cm³/mol. The van der Waals surface area contributed by atoms with E-state index >= 15 is 0 Å². The second kappa shape index (κ2) is 11.2. The van der Waals surface area contributed by atoms with Crippen molar-refractivity contribution in [1.29, 1.82) is 0 Å². The average molecular weight is 511 g/mol. The van der Waals surface area contributed by atoms with E-state index in [1.54, 1.807) is 30.3 Å². The van der Waals surface area contributed by atoms with Gasteiger partial charge < -0.3 is 15.4 Å². The highest BCUT2D eigenvalue weighted by Crippen LogP contribution is 2.36. The Morgan fingerprint density at radius 2 is 2.09 bits per heavy atom. The summed E-state index contributed by atoms with van der Waals surface area (Å²) in [6.45, 7) is 3.94. The van der Waals surface area contributed by atoms with Gasteiger partial charge in [0.2, 0.25) is 11.8 Å². The van der Waals surface area contributed by atoms with E-state index in [0.29, 0.717) is 12.4 Å². The number of carbonyl (C=O) groups excluding carboxylic acids is 2. The molecule has 3 rings (SSSR count). The van der Waals surface area contributed by atoms with Crippen LogP contribution in [0.15, 0.2) is 65.3 Å². The molecule has 0 spiro atoms. The monoisotopic (exact) mass is 510 g/mol. The zero-order valence-electron chi connectivity index (χ0n) is 17.4. The van der Waals surface area contributed by atoms with Gasteiger partial charge in [0.25, 0.3) is 0 Å². The number of ether oxygens (including phenoxy) is 1. The summed E-state index contributed by atoms with van der Waals surface area (Å²) < 4.78 is 44.4. The number of benzene rings is 2. The van der Waals surface area contributed by atoms with Crippen molar-refractivity contribution in [2.45, 2.75) is 17.8 Å². The summed E-state index contributed by atoms with van der Waals surface area (Å²) in [6.07, 6.45) is -1.84. The van der Waals surface area contributed by atoms with Crippen molar-refractivity contribution in [3.05, 3.63) is 71.3 Å². The van der Waals surface area contributed by atoms with Crippen LogP contribution in [0, 0.1) is 0 Å². The smallest absolute Gasteiger partial charge is 0.417 e. The molecule has 0 unspecified atom stereocenters. The van der Waals surface area contributed by atoms with Gasteiger partial charge in [-0.05, 0) is 35.9 Å². The molecule has 2 amide bonds. The highest BCUT2D eigenvalue weighted by atomic mass is 35.5. The minimum Gasteiger partial charge on any atom is -0.490 e. The van der Waals surface area contributed by atoms with Crippen LogP contribution in [0.4, 0.5) is 18.9 Å². The van der Waals surface area contributed by atoms with Crippen LogP contribution in [0.25, 0.3) is 0 Å². The van der Waals surface area contributed by atoms with Crippen molar-refractivity contribution in [3.63, 3.8) is 0 Å². The van der Waals surface area contributed by atoms with Crippen LogP contribution >= 0.6 is 23.4 Å². The number of hydrogen-bond acceptors (Lipinski definition) is 6. The molecule has 1 heterocycles. The molecule has 1 fully saturated rings. The summed E-state index contributed by atoms with van der Waals surface area (Å²) in [4.78, 5) is 24.4. The second-order valence-electron chi connectivity index (χ2n) is 6.86. The molecule has 1 saturated heterocycles.